The molecular weight excluding hydrogens is 284 g/mol. The van der Waals surface area contributed by atoms with E-state index in [1.165, 1.54) is 0 Å². The summed E-state index contributed by atoms with van der Waals surface area (Å²) in [4.78, 5) is 0.604. The summed E-state index contributed by atoms with van der Waals surface area (Å²) in [6, 6.07) is 0. The first kappa shape index (κ1) is 15.4. The molecule has 0 spiro atoms. The molecule has 4 heteroatoms. The summed E-state index contributed by atoms with van der Waals surface area (Å²) < 4.78 is 16.3. The van der Waals surface area contributed by atoms with E-state index in [1.54, 1.807) is 7.11 Å². The number of hydrogen-bond acceptors (Lipinski definition) is 3. The minimum absolute atomic E-state index is 0.302. The molecule has 0 radical (unpaired) electrons. The number of hydrogen-bond donors (Lipinski definition) is 0. The van der Waals surface area contributed by atoms with Gasteiger partial charge in [0.2, 0.25) is 0 Å². The fraction of sp³-hybridized carbons (Fsp3) is 1.00. The van der Waals surface area contributed by atoms with Crippen LogP contribution in [0.5, 0.6) is 0 Å². The van der Waals surface area contributed by atoms with Crippen LogP contribution in [0.3, 0.4) is 0 Å². The Morgan fingerprint density at radius 1 is 1.24 bits per heavy atom. The maximum atomic E-state index is 5.88. The van der Waals surface area contributed by atoms with Gasteiger partial charge in [0.1, 0.15) is 0 Å². The molecule has 1 saturated carbocycles. The highest BCUT2D eigenvalue weighted by atomic mass is 79.9. The molecule has 0 bridgehead atoms. The van der Waals surface area contributed by atoms with Crippen molar-refractivity contribution in [2.75, 3.05) is 33.5 Å². The lowest BCUT2D eigenvalue weighted by molar-refractivity contribution is -0.108. The molecular formula is C13H25BrO3. The van der Waals surface area contributed by atoms with Gasteiger partial charge in [-0.05, 0) is 19.3 Å². The van der Waals surface area contributed by atoms with Crippen molar-refractivity contribution in [3.63, 3.8) is 0 Å². The lowest BCUT2D eigenvalue weighted by Crippen LogP contribution is -2.53. The largest absolute Gasteiger partial charge is 0.385 e. The second kappa shape index (κ2) is 7.72. The predicted octanol–water partition coefficient (Wildman–Crippen LogP) is 3.01. The Hall–Kier alpha value is 0.360. The van der Waals surface area contributed by atoms with E-state index in [-0.39, 0.29) is 0 Å². The summed E-state index contributed by atoms with van der Waals surface area (Å²) >= 11 is 3.71. The van der Waals surface area contributed by atoms with Gasteiger partial charge in [-0.25, -0.2) is 0 Å². The zero-order valence-corrected chi connectivity index (χ0v) is 12.8. The van der Waals surface area contributed by atoms with Crippen molar-refractivity contribution in [3.8, 4) is 0 Å². The van der Waals surface area contributed by atoms with E-state index in [0.29, 0.717) is 29.6 Å². The molecule has 1 fully saturated rings. The van der Waals surface area contributed by atoms with E-state index in [2.05, 4.69) is 29.8 Å². The summed E-state index contributed by atoms with van der Waals surface area (Å²) in [7, 11) is 1.71. The van der Waals surface area contributed by atoms with Crippen LogP contribution in [0, 0.1) is 5.41 Å². The topological polar surface area (TPSA) is 27.7 Å². The predicted molar refractivity (Wildman–Crippen MR) is 72.8 cm³/mol. The Morgan fingerprint density at radius 2 is 2.00 bits per heavy atom. The number of alkyl halides is 1. The lowest BCUT2D eigenvalue weighted by atomic mass is 9.66. The van der Waals surface area contributed by atoms with Gasteiger partial charge in [-0.3, -0.25) is 0 Å². The smallest absolute Gasteiger partial charge is 0.0704 e. The number of ether oxygens (including phenoxy) is 3. The molecule has 3 unspecified atom stereocenters. The zero-order chi connectivity index (χ0) is 12.7. The summed E-state index contributed by atoms with van der Waals surface area (Å²) in [6.45, 7) is 7.43. The lowest BCUT2D eigenvalue weighted by Gasteiger charge is -2.51. The van der Waals surface area contributed by atoms with Crippen LogP contribution >= 0.6 is 15.9 Å². The Labute approximate surface area is 113 Å². The average molecular weight is 309 g/mol. The van der Waals surface area contributed by atoms with Crippen LogP contribution in [-0.4, -0.2) is 44.5 Å². The van der Waals surface area contributed by atoms with Gasteiger partial charge >= 0.3 is 0 Å². The maximum absolute atomic E-state index is 5.88. The van der Waals surface area contributed by atoms with E-state index in [1.807, 2.05) is 0 Å². The van der Waals surface area contributed by atoms with E-state index in [4.69, 9.17) is 14.2 Å². The highest BCUT2D eigenvalue weighted by Crippen LogP contribution is 2.49. The van der Waals surface area contributed by atoms with Crippen LogP contribution in [0.2, 0.25) is 0 Å². The molecule has 0 aliphatic heterocycles. The summed E-state index contributed by atoms with van der Waals surface area (Å²) in [5, 5.41) is 0. The van der Waals surface area contributed by atoms with Crippen LogP contribution in [0.1, 0.15) is 33.1 Å². The van der Waals surface area contributed by atoms with Crippen molar-refractivity contribution < 1.29 is 14.2 Å². The molecule has 1 aliphatic carbocycles. The van der Waals surface area contributed by atoms with Crippen molar-refractivity contribution in [3.05, 3.63) is 0 Å². The van der Waals surface area contributed by atoms with Crippen molar-refractivity contribution >= 4 is 15.9 Å². The van der Waals surface area contributed by atoms with Crippen molar-refractivity contribution in [1.82, 2.24) is 0 Å². The number of rotatable bonds is 9. The van der Waals surface area contributed by atoms with Crippen LogP contribution in [0.15, 0.2) is 0 Å². The Kier molecular flexibility index (Phi) is 7.00. The van der Waals surface area contributed by atoms with E-state index < -0.39 is 0 Å². The fourth-order valence-corrected chi connectivity index (χ4v) is 3.09. The SMILES string of the molecule is CCC1(C)C(Br)CC1OCCOCCCOC. The molecule has 0 saturated heterocycles. The number of methoxy groups -OCH3 is 1. The van der Waals surface area contributed by atoms with E-state index >= 15 is 0 Å². The summed E-state index contributed by atoms with van der Waals surface area (Å²) in [5.41, 5.74) is 0.302. The minimum Gasteiger partial charge on any atom is -0.385 e. The quantitative estimate of drug-likeness (QED) is 0.484. The summed E-state index contributed by atoms with van der Waals surface area (Å²) in [6.07, 6.45) is 3.62. The normalized spacial score (nSPS) is 32.5. The third kappa shape index (κ3) is 4.19. The van der Waals surface area contributed by atoms with Gasteiger partial charge in [-0.1, -0.05) is 29.8 Å². The van der Waals surface area contributed by atoms with Crippen LogP contribution in [0.25, 0.3) is 0 Å². The number of halogens is 1. The second-order valence-corrected chi connectivity index (χ2v) is 5.99. The molecule has 0 amide bonds. The highest BCUT2D eigenvalue weighted by Gasteiger charge is 2.49. The van der Waals surface area contributed by atoms with Gasteiger partial charge in [-0.15, -0.1) is 0 Å². The third-order valence-corrected chi connectivity index (χ3v) is 5.24. The highest BCUT2D eigenvalue weighted by molar-refractivity contribution is 9.09. The van der Waals surface area contributed by atoms with Crippen molar-refractivity contribution in [2.45, 2.75) is 44.0 Å². The van der Waals surface area contributed by atoms with Gasteiger partial charge in [-0.2, -0.15) is 0 Å². The Balaban J connectivity index is 2.00. The molecule has 0 aromatic carbocycles. The molecule has 1 aliphatic rings. The fourth-order valence-electron chi connectivity index (χ4n) is 2.13. The first-order valence-electron chi connectivity index (χ1n) is 6.47. The van der Waals surface area contributed by atoms with Crippen LogP contribution in [-0.2, 0) is 14.2 Å². The molecule has 0 aromatic rings. The monoisotopic (exact) mass is 308 g/mol. The van der Waals surface area contributed by atoms with Crippen molar-refractivity contribution in [2.24, 2.45) is 5.41 Å². The van der Waals surface area contributed by atoms with Gasteiger partial charge in [0, 0.05) is 30.6 Å². The van der Waals surface area contributed by atoms with Gasteiger partial charge in [0.25, 0.3) is 0 Å². The average Bonchev–Trinajstić information content (AvgIpc) is 2.35. The molecule has 0 aromatic heterocycles. The van der Waals surface area contributed by atoms with Crippen molar-refractivity contribution in [1.29, 1.82) is 0 Å². The van der Waals surface area contributed by atoms with E-state index in [0.717, 1.165) is 32.5 Å². The zero-order valence-electron chi connectivity index (χ0n) is 11.2. The molecule has 1 rings (SSSR count). The van der Waals surface area contributed by atoms with Gasteiger partial charge < -0.3 is 14.2 Å². The molecule has 3 nitrogen and oxygen atoms in total. The molecule has 17 heavy (non-hydrogen) atoms. The minimum atomic E-state index is 0.302. The van der Waals surface area contributed by atoms with Gasteiger partial charge in [0.05, 0.1) is 19.3 Å². The van der Waals surface area contributed by atoms with E-state index in [9.17, 15) is 0 Å². The van der Waals surface area contributed by atoms with Crippen LogP contribution < -0.4 is 0 Å². The molecule has 0 N–H and O–H groups in total. The summed E-state index contributed by atoms with van der Waals surface area (Å²) in [5.74, 6) is 0. The van der Waals surface area contributed by atoms with Crippen LogP contribution in [0.4, 0.5) is 0 Å². The first-order chi connectivity index (χ1) is 8.15. The molecule has 3 atom stereocenters. The van der Waals surface area contributed by atoms with Gasteiger partial charge in [0.15, 0.2) is 0 Å². The molecule has 102 valence electrons. The second-order valence-electron chi connectivity index (χ2n) is 4.88. The Bertz CT molecular complexity index is 213. The maximum Gasteiger partial charge on any atom is 0.0704 e. The first-order valence-corrected chi connectivity index (χ1v) is 7.39. The Morgan fingerprint density at radius 3 is 2.59 bits per heavy atom. The molecule has 0 heterocycles. The standard InChI is InChI=1S/C13H25BrO3/c1-4-13(2)11(14)10-12(13)17-9-8-16-7-5-6-15-3/h11-12H,4-10H2,1-3H3. The third-order valence-electron chi connectivity index (χ3n) is 3.82.